The fourth-order valence-electron chi connectivity index (χ4n) is 2.23. The second-order valence-corrected chi connectivity index (χ2v) is 4.71. The summed E-state index contributed by atoms with van der Waals surface area (Å²) in [4.78, 5) is 22.0. The van der Waals surface area contributed by atoms with Gasteiger partial charge in [-0.3, -0.25) is 9.59 Å². The molecular weight excluding hydrogens is 244 g/mol. The lowest BCUT2D eigenvalue weighted by Crippen LogP contribution is -2.19. The number of nitrogens with one attached hydrogen (secondary N) is 1. The predicted octanol–water partition coefficient (Wildman–Crippen LogP) is 1.54. The molecule has 1 aliphatic rings. The van der Waals surface area contributed by atoms with Crippen LogP contribution >= 0.6 is 0 Å². The molecule has 1 aromatic carbocycles. The Morgan fingerprint density at radius 1 is 1.37 bits per heavy atom. The number of carbonyl (C=O) groups excluding carboxylic acids is 1. The van der Waals surface area contributed by atoms with Crippen LogP contribution in [-0.2, 0) is 4.79 Å². The van der Waals surface area contributed by atoms with Gasteiger partial charge in [0.05, 0.1) is 5.92 Å². The molecule has 0 aromatic heterocycles. The molecular formula is C14H16N2O3. The third-order valence-electron chi connectivity index (χ3n) is 3.24. The van der Waals surface area contributed by atoms with Crippen LogP contribution in [0.25, 0.3) is 0 Å². The van der Waals surface area contributed by atoms with Gasteiger partial charge in [-0.2, -0.15) is 0 Å². The van der Waals surface area contributed by atoms with Gasteiger partial charge < -0.3 is 16.2 Å². The standard InChI is InChI=1S/C14H16N2O3/c1-8-6-10(4-5-12(8)13(15)17)16-11-3-2-9(7-11)14(18)19/h2-6,9,11,16H,7H2,1H3,(H2,15,17)(H,18,19). The lowest BCUT2D eigenvalue weighted by Gasteiger charge is -2.14. The molecule has 2 rings (SSSR count). The van der Waals surface area contributed by atoms with Gasteiger partial charge in [0.25, 0.3) is 0 Å². The van der Waals surface area contributed by atoms with E-state index in [1.165, 1.54) is 0 Å². The molecule has 1 aromatic rings. The summed E-state index contributed by atoms with van der Waals surface area (Å²) in [5, 5.41) is 12.1. The van der Waals surface area contributed by atoms with Crippen LogP contribution in [-0.4, -0.2) is 23.0 Å². The Balaban J connectivity index is 2.05. The molecule has 100 valence electrons. The highest BCUT2D eigenvalue weighted by atomic mass is 16.4. The van der Waals surface area contributed by atoms with Crippen molar-refractivity contribution in [2.45, 2.75) is 19.4 Å². The second-order valence-electron chi connectivity index (χ2n) is 4.71. The number of carboxylic acid groups (broad SMARTS) is 1. The molecule has 2 atom stereocenters. The van der Waals surface area contributed by atoms with Crippen molar-refractivity contribution in [3.63, 3.8) is 0 Å². The van der Waals surface area contributed by atoms with E-state index < -0.39 is 17.8 Å². The summed E-state index contributed by atoms with van der Waals surface area (Å²) in [6.07, 6.45) is 4.09. The number of nitrogens with two attached hydrogens (primary N) is 1. The lowest BCUT2D eigenvalue weighted by molar-refractivity contribution is -0.140. The van der Waals surface area contributed by atoms with Gasteiger partial charge in [0.2, 0.25) is 5.91 Å². The van der Waals surface area contributed by atoms with Crippen LogP contribution in [0, 0.1) is 12.8 Å². The summed E-state index contributed by atoms with van der Waals surface area (Å²) >= 11 is 0. The lowest BCUT2D eigenvalue weighted by atomic mass is 10.1. The normalized spacial score (nSPS) is 21.3. The SMILES string of the molecule is Cc1cc(NC2C=CC(C(=O)O)C2)ccc1C(N)=O. The topological polar surface area (TPSA) is 92.4 Å². The predicted molar refractivity (Wildman–Crippen MR) is 72.0 cm³/mol. The first kappa shape index (κ1) is 13.1. The van der Waals surface area contributed by atoms with Crippen LogP contribution in [0.15, 0.2) is 30.4 Å². The highest BCUT2D eigenvalue weighted by Crippen LogP contribution is 2.23. The summed E-state index contributed by atoms with van der Waals surface area (Å²) in [5.74, 6) is -1.68. The molecule has 1 amide bonds. The van der Waals surface area contributed by atoms with Crippen molar-refractivity contribution in [1.82, 2.24) is 0 Å². The fraction of sp³-hybridized carbons (Fsp3) is 0.286. The largest absolute Gasteiger partial charge is 0.481 e. The zero-order valence-corrected chi connectivity index (χ0v) is 10.6. The zero-order chi connectivity index (χ0) is 14.0. The van der Waals surface area contributed by atoms with E-state index in [1.54, 1.807) is 18.2 Å². The number of hydrogen-bond acceptors (Lipinski definition) is 3. The number of aryl methyl sites for hydroxylation is 1. The monoisotopic (exact) mass is 260 g/mol. The van der Waals surface area contributed by atoms with Crippen molar-refractivity contribution in [3.05, 3.63) is 41.5 Å². The number of aliphatic carboxylic acids is 1. The number of carbonyl (C=O) groups is 2. The number of rotatable bonds is 4. The first-order valence-electron chi connectivity index (χ1n) is 6.05. The molecule has 0 aliphatic heterocycles. The van der Waals surface area contributed by atoms with E-state index in [1.807, 2.05) is 19.1 Å². The molecule has 19 heavy (non-hydrogen) atoms. The number of anilines is 1. The highest BCUT2D eigenvalue weighted by Gasteiger charge is 2.24. The van der Waals surface area contributed by atoms with Gasteiger partial charge in [-0.25, -0.2) is 0 Å². The molecule has 0 radical (unpaired) electrons. The van der Waals surface area contributed by atoms with Crippen LogP contribution in [0.4, 0.5) is 5.69 Å². The molecule has 5 nitrogen and oxygen atoms in total. The van der Waals surface area contributed by atoms with Gasteiger partial charge in [-0.1, -0.05) is 12.2 Å². The Hall–Kier alpha value is -2.30. The summed E-state index contributed by atoms with van der Waals surface area (Å²) < 4.78 is 0. The van der Waals surface area contributed by atoms with Crippen LogP contribution in [0.5, 0.6) is 0 Å². The molecule has 5 heteroatoms. The molecule has 0 saturated heterocycles. The molecule has 0 heterocycles. The Labute approximate surface area is 111 Å². The number of hydrogen-bond donors (Lipinski definition) is 3. The Morgan fingerprint density at radius 3 is 2.63 bits per heavy atom. The summed E-state index contributed by atoms with van der Waals surface area (Å²) in [5.41, 5.74) is 7.39. The van der Waals surface area contributed by atoms with Gasteiger partial charge in [0.1, 0.15) is 0 Å². The third kappa shape index (κ3) is 2.93. The first-order chi connectivity index (χ1) is 8.97. The van der Waals surface area contributed by atoms with E-state index in [2.05, 4.69) is 5.32 Å². The van der Waals surface area contributed by atoms with Crippen LogP contribution in [0.3, 0.4) is 0 Å². The average Bonchev–Trinajstić information content (AvgIpc) is 2.77. The molecule has 1 aliphatic carbocycles. The van der Waals surface area contributed by atoms with Crippen molar-refractivity contribution in [2.75, 3.05) is 5.32 Å². The molecule has 4 N–H and O–H groups in total. The maximum absolute atomic E-state index is 11.1. The minimum atomic E-state index is -0.805. The molecule has 0 spiro atoms. The minimum Gasteiger partial charge on any atom is -0.481 e. The van der Waals surface area contributed by atoms with E-state index >= 15 is 0 Å². The van der Waals surface area contributed by atoms with E-state index in [9.17, 15) is 9.59 Å². The zero-order valence-electron chi connectivity index (χ0n) is 10.6. The summed E-state index contributed by atoms with van der Waals surface area (Å²) in [7, 11) is 0. The van der Waals surface area contributed by atoms with Gasteiger partial charge in [-0.05, 0) is 37.1 Å². The van der Waals surface area contributed by atoms with Crippen LogP contribution in [0.1, 0.15) is 22.3 Å². The van der Waals surface area contributed by atoms with E-state index in [-0.39, 0.29) is 6.04 Å². The van der Waals surface area contributed by atoms with Gasteiger partial charge in [-0.15, -0.1) is 0 Å². The summed E-state index contributed by atoms with van der Waals surface area (Å²) in [6.45, 7) is 1.82. The van der Waals surface area contributed by atoms with Crippen molar-refractivity contribution in [2.24, 2.45) is 11.7 Å². The highest BCUT2D eigenvalue weighted by molar-refractivity contribution is 5.94. The maximum Gasteiger partial charge on any atom is 0.310 e. The Bertz CT molecular complexity index is 552. The number of primary amides is 1. The first-order valence-corrected chi connectivity index (χ1v) is 6.05. The fourth-order valence-corrected chi connectivity index (χ4v) is 2.23. The molecule has 2 unspecified atom stereocenters. The maximum atomic E-state index is 11.1. The Kier molecular flexibility index (Phi) is 3.55. The van der Waals surface area contributed by atoms with Crippen molar-refractivity contribution in [3.8, 4) is 0 Å². The molecule has 0 fully saturated rings. The van der Waals surface area contributed by atoms with Gasteiger partial charge in [0.15, 0.2) is 0 Å². The van der Waals surface area contributed by atoms with E-state index in [0.29, 0.717) is 12.0 Å². The number of amides is 1. The number of carboxylic acids is 1. The quantitative estimate of drug-likeness (QED) is 0.716. The third-order valence-corrected chi connectivity index (χ3v) is 3.24. The smallest absolute Gasteiger partial charge is 0.310 e. The second kappa shape index (κ2) is 5.14. The number of benzene rings is 1. The van der Waals surface area contributed by atoms with E-state index in [4.69, 9.17) is 10.8 Å². The van der Waals surface area contributed by atoms with Crippen molar-refractivity contribution in [1.29, 1.82) is 0 Å². The minimum absolute atomic E-state index is 0.0000666. The van der Waals surface area contributed by atoms with Crippen molar-refractivity contribution < 1.29 is 14.7 Å². The van der Waals surface area contributed by atoms with Gasteiger partial charge in [0, 0.05) is 17.3 Å². The molecule has 0 bridgehead atoms. The summed E-state index contributed by atoms with van der Waals surface area (Å²) in [6, 6.07) is 5.28. The Morgan fingerprint density at radius 2 is 2.11 bits per heavy atom. The van der Waals surface area contributed by atoms with E-state index in [0.717, 1.165) is 11.3 Å². The van der Waals surface area contributed by atoms with Crippen LogP contribution < -0.4 is 11.1 Å². The average molecular weight is 260 g/mol. The van der Waals surface area contributed by atoms with Gasteiger partial charge >= 0.3 is 5.97 Å². The van der Waals surface area contributed by atoms with Crippen LogP contribution in [0.2, 0.25) is 0 Å². The van der Waals surface area contributed by atoms with Crippen molar-refractivity contribution >= 4 is 17.6 Å². The molecule has 0 saturated carbocycles.